The second-order valence-corrected chi connectivity index (χ2v) is 10.7. The summed E-state index contributed by atoms with van der Waals surface area (Å²) >= 11 is 0. The Morgan fingerprint density at radius 1 is 1.18 bits per heavy atom. The standard InChI is InChI=1S/C20H34N5O7P/c1-6-19(4,32-33(29,30)20(28,7-2)8-3)9-12-14(26)15(27)18(31-12)25-11-24-13-16(21-5)22-10-23-17(13)25/h10-12,14-15,18,26-28H,6-9H2,1-5H3,(H,29,30)(H,21,22,23)/t12-,14-,15-,18-,19?/m1/s1. The lowest BCUT2D eigenvalue weighted by Crippen LogP contribution is -2.40. The number of fused-ring (bicyclic) bond motifs is 1. The molecular formula is C20H34N5O7P. The van der Waals surface area contributed by atoms with Gasteiger partial charge in [0, 0.05) is 13.5 Å². The van der Waals surface area contributed by atoms with Crippen LogP contribution in [-0.4, -0.2) is 76.0 Å². The molecule has 6 atom stereocenters. The molecule has 0 saturated carbocycles. The van der Waals surface area contributed by atoms with Crippen LogP contribution in [-0.2, 0) is 13.8 Å². The lowest BCUT2D eigenvalue weighted by Gasteiger charge is -2.38. The molecule has 0 radical (unpaired) electrons. The molecule has 5 N–H and O–H groups in total. The van der Waals surface area contributed by atoms with Crippen LogP contribution in [0.1, 0.15) is 59.6 Å². The van der Waals surface area contributed by atoms with Crippen LogP contribution in [0.15, 0.2) is 12.7 Å². The van der Waals surface area contributed by atoms with Gasteiger partial charge in [0.25, 0.3) is 0 Å². The number of ether oxygens (including phenoxy) is 1. The van der Waals surface area contributed by atoms with E-state index in [2.05, 4.69) is 20.3 Å². The average Bonchev–Trinajstić information content (AvgIpc) is 3.34. The summed E-state index contributed by atoms with van der Waals surface area (Å²) in [4.78, 5) is 23.2. The van der Waals surface area contributed by atoms with E-state index in [-0.39, 0.29) is 19.3 Å². The molecule has 1 saturated heterocycles. The maximum Gasteiger partial charge on any atom is 0.359 e. The topological polar surface area (TPSA) is 172 Å². The van der Waals surface area contributed by atoms with E-state index in [9.17, 15) is 24.8 Å². The zero-order valence-corrected chi connectivity index (χ0v) is 20.4. The van der Waals surface area contributed by atoms with Crippen LogP contribution >= 0.6 is 7.60 Å². The van der Waals surface area contributed by atoms with Crippen LogP contribution in [0.25, 0.3) is 11.2 Å². The van der Waals surface area contributed by atoms with Crippen LogP contribution < -0.4 is 5.32 Å². The smallest absolute Gasteiger partial charge is 0.359 e. The van der Waals surface area contributed by atoms with Gasteiger partial charge in [0.2, 0.25) is 0 Å². The molecule has 2 aromatic rings. The third-order valence-corrected chi connectivity index (χ3v) is 8.96. The fraction of sp³-hybridized carbons (Fsp3) is 0.750. The Kier molecular flexibility index (Phi) is 7.50. The number of rotatable bonds is 10. The van der Waals surface area contributed by atoms with Crippen molar-refractivity contribution in [2.24, 2.45) is 0 Å². The summed E-state index contributed by atoms with van der Waals surface area (Å²) in [5.74, 6) is 0.508. The Balaban J connectivity index is 1.84. The monoisotopic (exact) mass is 487 g/mol. The fourth-order valence-corrected chi connectivity index (χ4v) is 5.82. The second-order valence-electron chi connectivity index (χ2n) is 8.65. The molecular weight excluding hydrogens is 453 g/mol. The summed E-state index contributed by atoms with van der Waals surface area (Å²) in [6, 6.07) is 0. The van der Waals surface area contributed by atoms with E-state index in [0.29, 0.717) is 23.4 Å². The van der Waals surface area contributed by atoms with Crippen molar-refractivity contribution in [1.82, 2.24) is 19.5 Å². The predicted octanol–water partition coefficient (Wildman–Crippen LogP) is 1.76. The summed E-state index contributed by atoms with van der Waals surface area (Å²) in [7, 11) is -2.73. The van der Waals surface area contributed by atoms with Gasteiger partial charge in [0.05, 0.1) is 18.0 Å². The summed E-state index contributed by atoms with van der Waals surface area (Å²) < 4.78 is 26.1. The lowest BCUT2D eigenvalue weighted by molar-refractivity contribution is -0.0696. The molecule has 12 nitrogen and oxygen atoms in total. The molecule has 33 heavy (non-hydrogen) atoms. The highest BCUT2D eigenvalue weighted by Gasteiger charge is 2.51. The number of nitrogens with zero attached hydrogens (tertiary/aromatic N) is 4. The Morgan fingerprint density at radius 2 is 1.85 bits per heavy atom. The molecule has 0 aromatic carbocycles. The van der Waals surface area contributed by atoms with E-state index in [4.69, 9.17) is 9.26 Å². The third kappa shape index (κ3) is 4.66. The minimum Gasteiger partial charge on any atom is -0.388 e. The van der Waals surface area contributed by atoms with Crippen molar-refractivity contribution in [3.05, 3.63) is 12.7 Å². The van der Waals surface area contributed by atoms with Crippen LogP contribution in [0.2, 0.25) is 0 Å². The molecule has 0 spiro atoms. The van der Waals surface area contributed by atoms with Crippen LogP contribution in [0.5, 0.6) is 0 Å². The summed E-state index contributed by atoms with van der Waals surface area (Å²) in [6.45, 7) is 6.62. The molecule has 0 bridgehead atoms. The van der Waals surface area contributed by atoms with Crippen molar-refractivity contribution in [3.8, 4) is 0 Å². The summed E-state index contributed by atoms with van der Waals surface area (Å²) in [6.07, 6.45) is -1.28. The van der Waals surface area contributed by atoms with Gasteiger partial charge in [-0.2, -0.15) is 0 Å². The SMILES string of the molecule is CCC(C)(C[C@H]1O[C@@H](n2cnc3c(NC)ncnc32)[C@H](O)[C@@H]1O)OP(=O)(O)C(O)(CC)CC. The number of aliphatic hydroxyl groups excluding tert-OH is 2. The van der Waals surface area contributed by atoms with Crippen LogP contribution in [0.3, 0.4) is 0 Å². The number of anilines is 1. The molecule has 2 unspecified atom stereocenters. The van der Waals surface area contributed by atoms with Crippen molar-refractivity contribution in [2.45, 2.75) is 88.9 Å². The van der Waals surface area contributed by atoms with Gasteiger partial charge in [0.1, 0.15) is 24.1 Å². The van der Waals surface area contributed by atoms with E-state index in [1.165, 1.54) is 17.2 Å². The van der Waals surface area contributed by atoms with Crippen molar-refractivity contribution in [3.63, 3.8) is 0 Å². The van der Waals surface area contributed by atoms with E-state index < -0.39 is 43.1 Å². The van der Waals surface area contributed by atoms with Gasteiger partial charge in [-0.3, -0.25) is 9.13 Å². The van der Waals surface area contributed by atoms with E-state index in [0.717, 1.165) is 0 Å². The second kappa shape index (κ2) is 9.53. The molecule has 0 aliphatic carbocycles. The first-order chi connectivity index (χ1) is 15.5. The average molecular weight is 487 g/mol. The van der Waals surface area contributed by atoms with Crippen molar-refractivity contribution in [2.75, 3.05) is 12.4 Å². The highest BCUT2D eigenvalue weighted by atomic mass is 31.2. The molecule has 3 heterocycles. The van der Waals surface area contributed by atoms with Gasteiger partial charge in [-0.05, 0) is 26.2 Å². The fourth-order valence-electron chi connectivity index (χ4n) is 4.05. The molecule has 1 aliphatic rings. The predicted molar refractivity (Wildman–Crippen MR) is 121 cm³/mol. The molecule has 3 rings (SSSR count). The molecule has 1 aliphatic heterocycles. The first-order valence-electron chi connectivity index (χ1n) is 11.1. The number of hydrogen-bond donors (Lipinski definition) is 5. The summed E-state index contributed by atoms with van der Waals surface area (Å²) in [5, 5.41) is 33.1. The highest BCUT2D eigenvalue weighted by Crippen LogP contribution is 2.60. The number of aliphatic hydroxyl groups is 3. The first-order valence-corrected chi connectivity index (χ1v) is 12.7. The Bertz CT molecular complexity index is 1020. The maximum atomic E-state index is 12.9. The quantitative estimate of drug-likeness (QED) is 0.309. The maximum absolute atomic E-state index is 12.9. The van der Waals surface area contributed by atoms with Crippen LogP contribution in [0, 0.1) is 0 Å². The number of nitrogens with one attached hydrogen (secondary N) is 1. The van der Waals surface area contributed by atoms with Gasteiger partial charge in [0.15, 0.2) is 23.0 Å². The van der Waals surface area contributed by atoms with Crippen molar-refractivity contribution in [1.29, 1.82) is 0 Å². The first kappa shape index (κ1) is 26.0. The van der Waals surface area contributed by atoms with Gasteiger partial charge >= 0.3 is 7.60 Å². The number of imidazole rings is 1. The Labute approximate surface area is 192 Å². The third-order valence-electron chi connectivity index (χ3n) is 6.59. The van der Waals surface area contributed by atoms with E-state index in [1.807, 2.05) is 0 Å². The minimum absolute atomic E-state index is 0.00959. The number of hydrogen-bond acceptors (Lipinski definition) is 10. The molecule has 13 heteroatoms. The van der Waals surface area contributed by atoms with Gasteiger partial charge in [-0.1, -0.05) is 20.8 Å². The molecule has 0 amide bonds. The molecule has 186 valence electrons. The largest absolute Gasteiger partial charge is 0.388 e. The number of aromatic nitrogens is 4. The molecule has 2 aromatic heterocycles. The van der Waals surface area contributed by atoms with E-state index in [1.54, 1.807) is 34.7 Å². The van der Waals surface area contributed by atoms with Crippen LogP contribution in [0.4, 0.5) is 5.82 Å². The van der Waals surface area contributed by atoms with Crippen molar-refractivity contribution >= 4 is 24.6 Å². The highest BCUT2D eigenvalue weighted by molar-refractivity contribution is 7.54. The zero-order valence-electron chi connectivity index (χ0n) is 19.5. The van der Waals surface area contributed by atoms with E-state index >= 15 is 0 Å². The Morgan fingerprint density at radius 3 is 2.42 bits per heavy atom. The minimum atomic E-state index is -4.43. The normalized spacial score (nSPS) is 27.4. The van der Waals surface area contributed by atoms with Gasteiger partial charge in [-0.15, -0.1) is 0 Å². The molecule has 1 fully saturated rings. The van der Waals surface area contributed by atoms with Gasteiger partial charge in [-0.25, -0.2) is 15.0 Å². The zero-order chi connectivity index (χ0) is 24.6. The lowest BCUT2D eigenvalue weighted by atomic mass is 9.93. The summed E-state index contributed by atoms with van der Waals surface area (Å²) in [5.41, 5.74) is -0.312. The van der Waals surface area contributed by atoms with Gasteiger partial charge < -0.3 is 34.8 Å². The van der Waals surface area contributed by atoms with Crippen molar-refractivity contribution < 1.29 is 34.0 Å². The Hall–Kier alpha value is -1.66.